The van der Waals surface area contributed by atoms with E-state index < -0.39 is 7.41 Å². The lowest BCUT2D eigenvalue weighted by atomic mass is 10.3. The Kier molecular flexibility index (Phi) is 5.20. The van der Waals surface area contributed by atoms with Gasteiger partial charge in [-0.25, -0.2) is 0 Å². The zero-order chi connectivity index (χ0) is 17.8. The number of benzene rings is 3. The van der Waals surface area contributed by atoms with Gasteiger partial charge in [0.2, 0.25) is 0 Å². The fourth-order valence-corrected chi connectivity index (χ4v) is 8.97. The van der Waals surface area contributed by atoms with Crippen LogP contribution in [0.5, 0.6) is 0 Å². The van der Waals surface area contributed by atoms with Crippen LogP contribution in [0.15, 0.2) is 91.0 Å². The Morgan fingerprint density at radius 1 is 0.615 bits per heavy atom. The summed E-state index contributed by atoms with van der Waals surface area (Å²) in [5, 5.41) is 4.35. The lowest BCUT2D eigenvalue weighted by molar-refractivity contribution is 0.404. The van der Waals surface area contributed by atoms with Crippen molar-refractivity contribution in [3.63, 3.8) is 0 Å². The van der Waals surface area contributed by atoms with Crippen LogP contribution in [-0.4, -0.2) is 17.8 Å². The van der Waals surface area contributed by atoms with Gasteiger partial charge in [-0.1, -0.05) is 67.4 Å². The Balaban J connectivity index is 2.00. The van der Waals surface area contributed by atoms with E-state index in [1.807, 2.05) is 0 Å². The van der Waals surface area contributed by atoms with E-state index in [0.717, 1.165) is 0 Å². The number of nitrogens with zero attached hydrogens (tertiary/aromatic N) is 1. The average molecular weight is 360 g/mol. The molecule has 0 N–H and O–H groups in total. The summed E-state index contributed by atoms with van der Waals surface area (Å²) < 4.78 is 2.75. The Hall–Kier alpha value is -1.95. The summed E-state index contributed by atoms with van der Waals surface area (Å²) in [7, 11) is 0.512. The smallest absolute Gasteiger partial charge is 0.166 e. The zero-order valence-corrected chi connectivity index (χ0v) is 16.4. The standard InChI is InChI=1S/C24H27NP/c1-25(21-13-11-12-14-21)26(22-15-5-2-6-16-22,23-17-7-3-8-18-23)24-19-9-4-10-20-24/h2-10,15-21H,11-14H2,1H3/q+1. The zero-order valence-electron chi connectivity index (χ0n) is 15.5. The van der Waals surface area contributed by atoms with Gasteiger partial charge in [-0.3, -0.25) is 0 Å². The second-order valence-corrected chi connectivity index (χ2v) is 10.6. The SMILES string of the molecule is CN(C1CCCC1)[P+](c1ccccc1)(c1ccccc1)c1ccccc1. The van der Waals surface area contributed by atoms with E-state index in [1.54, 1.807) is 0 Å². The third-order valence-electron chi connectivity index (χ3n) is 5.72. The van der Waals surface area contributed by atoms with Crippen LogP contribution in [0.3, 0.4) is 0 Å². The van der Waals surface area contributed by atoms with Gasteiger partial charge >= 0.3 is 0 Å². The van der Waals surface area contributed by atoms with Crippen LogP contribution < -0.4 is 15.9 Å². The highest BCUT2D eigenvalue weighted by Crippen LogP contribution is 2.59. The van der Waals surface area contributed by atoms with Crippen molar-refractivity contribution < 1.29 is 0 Å². The van der Waals surface area contributed by atoms with Gasteiger partial charge in [-0.2, -0.15) is 4.67 Å². The highest BCUT2D eigenvalue weighted by atomic mass is 31.2. The molecule has 2 heteroatoms. The van der Waals surface area contributed by atoms with Crippen molar-refractivity contribution in [2.24, 2.45) is 0 Å². The summed E-state index contributed by atoms with van der Waals surface area (Å²) >= 11 is 0. The number of rotatable bonds is 5. The van der Waals surface area contributed by atoms with Crippen LogP contribution in [0.4, 0.5) is 0 Å². The predicted molar refractivity (Wildman–Crippen MR) is 115 cm³/mol. The molecule has 0 unspecified atom stereocenters. The average Bonchev–Trinajstić information content (AvgIpc) is 3.26. The third-order valence-corrected chi connectivity index (χ3v) is 10.1. The number of hydrogen-bond acceptors (Lipinski definition) is 1. The summed E-state index contributed by atoms with van der Waals surface area (Å²) in [5.74, 6) is 0. The third kappa shape index (κ3) is 3.00. The molecule has 3 aromatic rings. The van der Waals surface area contributed by atoms with Crippen molar-refractivity contribution >= 4 is 23.3 Å². The van der Waals surface area contributed by atoms with E-state index in [1.165, 1.54) is 41.6 Å². The molecule has 26 heavy (non-hydrogen) atoms. The van der Waals surface area contributed by atoms with E-state index in [0.29, 0.717) is 6.04 Å². The van der Waals surface area contributed by atoms with Gasteiger partial charge in [0, 0.05) is 13.1 Å². The lowest BCUT2D eigenvalue weighted by Crippen LogP contribution is -2.45. The van der Waals surface area contributed by atoms with Gasteiger partial charge < -0.3 is 0 Å². The Morgan fingerprint density at radius 2 is 0.962 bits per heavy atom. The molecule has 132 valence electrons. The quantitative estimate of drug-likeness (QED) is 0.593. The van der Waals surface area contributed by atoms with Crippen molar-refractivity contribution in [1.29, 1.82) is 0 Å². The summed E-state index contributed by atoms with van der Waals surface area (Å²) in [6, 6.07) is 34.2. The molecule has 0 aromatic heterocycles. The fourth-order valence-electron chi connectivity index (χ4n) is 4.45. The lowest BCUT2D eigenvalue weighted by Gasteiger charge is -2.37. The molecule has 0 heterocycles. The van der Waals surface area contributed by atoms with Gasteiger partial charge in [-0.05, 0) is 49.2 Å². The topological polar surface area (TPSA) is 3.24 Å². The molecule has 0 atom stereocenters. The highest BCUT2D eigenvalue weighted by molar-refractivity contribution is 7.93. The van der Waals surface area contributed by atoms with E-state index in [9.17, 15) is 0 Å². The highest BCUT2D eigenvalue weighted by Gasteiger charge is 2.52. The number of hydrogen-bond donors (Lipinski definition) is 0. The Morgan fingerprint density at radius 3 is 1.31 bits per heavy atom. The first-order valence-corrected chi connectivity index (χ1v) is 11.4. The van der Waals surface area contributed by atoms with Crippen LogP contribution in [0, 0.1) is 0 Å². The molecule has 0 spiro atoms. The van der Waals surface area contributed by atoms with Gasteiger partial charge in [0.15, 0.2) is 7.41 Å². The molecule has 1 saturated carbocycles. The first-order valence-electron chi connectivity index (χ1n) is 9.62. The van der Waals surface area contributed by atoms with Crippen LogP contribution in [0.2, 0.25) is 0 Å². The van der Waals surface area contributed by atoms with Crippen molar-refractivity contribution in [1.82, 2.24) is 4.67 Å². The first-order chi connectivity index (χ1) is 12.8. The molecule has 1 fully saturated rings. The molecular weight excluding hydrogens is 333 g/mol. The molecule has 3 aromatic carbocycles. The maximum Gasteiger partial charge on any atom is 0.181 e. The van der Waals surface area contributed by atoms with Crippen molar-refractivity contribution in [2.45, 2.75) is 31.7 Å². The largest absolute Gasteiger partial charge is 0.181 e. The van der Waals surface area contributed by atoms with E-state index in [2.05, 4.69) is 103 Å². The molecule has 0 aliphatic heterocycles. The van der Waals surface area contributed by atoms with Gasteiger partial charge in [0.05, 0.1) is 0 Å². The maximum atomic E-state index is 2.75. The van der Waals surface area contributed by atoms with Gasteiger partial charge in [-0.15, -0.1) is 0 Å². The Labute approximate surface area is 158 Å². The van der Waals surface area contributed by atoms with Crippen molar-refractivity contribution in [3.05, 3.63) is 91.0 Å². The predicted octanol–water partition coefficient (Wildman–Crippen LogP) is 4.77. The first kappa shape index (κ1) is 17.5. The monoisotopic (exact) mass is 360 g/mol. The maximum absolute atomic E-state index is 2.75. The molecular formula is C24H27NP+. The summed E-state index contributed by atoms with van der Waals surface area (Å²) in [4.78, 5) is 0. The molecule has 1 nitrogen and oxygen atoms in total. The van der Waals surface area contributed by atoms with Gasteiger partial charge in [0.1, 0.15) is 15.9 Å². The summed E-state index contributed by atoms with van der Waals surface area (Å²) in [6.07, 6.45) is 5.33. The van der Waals surface area contributed by atoms with Crippen LogP contribution in [0.25, 0.3) is 0 Å². The molecule has 1 aliphatic carbocycles. The fraction of sp³-hybridized carbons (Fsp3) is 0.250. The molecule has 4 rings (SSSR count). The summed E-state index contributed by atoms with van der Waals surface area (Å²) in [6.45, 7) is 0. The Bertz CT molecular complexity index is 714. The molecule has 0 saturated heterocycles. The molecule has 0 amide bonds. The molecule has 0 radical (unpaired) electrons. The van der Waals surface area contributed by atoms with E-state index in [-0.39, 0.29) is 0 Å². The van der Waals surface area contributed by atoms with E-state index in [4.69, 9.17) is 0 Å². The minimum atomic E-state index is -1.86. The second-order valence-electron chi connectivity index (χ2n) is 7.15. The minimum absolute atomic E-state index is 0.656. The second kappa shape index (κ2) is 7.74. The molecule has 1 aliphatic rings. The normalized spacial score (nSPS) is 15.5. The minimum Gasteiger partial charge on any atom is -0.166 e. The summed E-state index contributed by atoms with van der Waals surface area (Å²) in [5.41, 5.74) is 0. The van der Waals surface area contributed by atoms with Crippen LogP contribution >= 0.6 is 7.41 Å². The van der Waals surface area contributed by atoms with Crippen LogP contribution in [-0.2, 0) is 0 Å². The van der Waals surface area contributed by atoms with Crippen molar-refractivity contribution in [3.8, 4) is 0 Å². The van der Waals surface area contributed by atoms with Crippen molar-refractivity contribution in [2.75, 3.05) is 7.05 Å². The molecule has 0 bridgehead atoms. The van der Waals surface area contributed by atoms with Crippen LogP contribution in [0.1, 0.15) is 25.7 Å². The van der Waals surface area contributed by atoms with Gasteiger partial charge in [0.25, 0.3) is 0 Å². The van der Waals surface area contributed by atoms with E-state index >= 15 is 0 Å².